The van der Waals surface area contributed by atoms with Gasteiger partial charge in [0.05, 0.1) is 17.7 Å². The van der Waals surface area contributed by atoms with Gasteiger partial charge in [0.2, 0.25) is 5.91 Å². The van der Waals surface area contributed by atoms with Crippen LogP contribution in [0.3, 0.4) is 0 Å². The Morgan fingerprint density at radius 2 is 2.06 bits per heavy atom. The van der Waals surface area contributed by atoms with Gasteiger partial charge in [-0.05, 0) is 43.5 Å². The number of rotatable bonds is 5. The number of aliphatic hydroxyl groups excluding tert-OH is 1. The number of amides is 1. The van der Waals surface area contributed by atoms with Gasteiger partial charge in [-0.25, -0.2) is 14.4 Å². The quantitative estimate of drug-likeness (QED) is 0.493. The van der Waals surface area contributed by atoms with Gasteiger partial charge in [0.15, 0.2) is 12.0 Å². The fourth-order valence-corrected chi connectivity index (χ4v) is 3.81. The fraction of sp³-hybridized carbons (Fsp3) is 0.304. The van der Waals surface area contributed by atoms with Gasteiger partial charge in [-0.3, -0.25) is 9.78 Å². The second kappa shape index (κ2) is 7.39. The van der Waals surface area contributed by atoms with Crippen LogP contribution >= 0.6 is 0 Å². The molecule has 1 fully saturated rings. The Balaban J connectivity index is 1.58. The monoisotopic (exact) mass is 420 g/mol. The Hall–Kier alpha value is -3.39. The highest BCUT2D eigenvalue weighted by Crippen LogP contribution is 2.37. The Labute approximate surface area is 177 Å². The maximum atomic E-state index is 13.2. The fourth-order valence-electron chi connectivity index (χ4n) is 3.81. The van der Waals surface area contributed by atoms with Crippen molar-refractivity contribution in [2.24, 2.45) is 5.92 Å². The number of halogens is 1. The first-order valence-corrected chi connectivity index (χ1v) is 10.2. The maximum Gasteiger partial charge on any atom is 0.231 e. The Kier molecular flexibility index (Phi) is 4.66. The van der Waals surface area contributed by atoms with Gasteiger partial charge in [-0.2, -0.15) is 0 Å². The summed E-state index contributed by atoms with van der Waals surface area (Å²) < 4.78 is 18.9. The van der Waals surface area contributed by atoms with Gasteiger partial charge in [0.1, 0.15) is 17.5 Å². The summed E-state index contributed by atoms with van der Waals surface area (Å²) in [7, 11) is 0. The number of nitrogens with zero attached hydrogens (tertiary/aromatic N) is 3. The Morgan fingerprint density at radius 1 is 1.26 bits per heavy atom. The summed E-state index contributed by atoms with van der Waals surface area (Å²) in [5.74, 6) is -0.593. The number of benzene rings is 1. The lowest BCUT2D eigenvalue weighted by Crippen LogP contribution is -2.15. The van der Waals surface area contributed by atoms with E-state index in [9.17, 15) is 14.3 Å². The van der Waals surface area contributed by atoms with Crippen LogP contribution in [0, 0.1) is 12.8 Å². The van der Waals surface area contributed by atoms with E-state index in [1.54, 1.807) is 18.5 Å². The number of pyridine rings is 2. The molecular formula is C23H21FN4O3. The van der Waals surface area contributed by atoms with E-state index in [2.05, 4.69) is 20.3 Å². The highest BCUT2D eigenvalue weighted by Gasteiger charge is 2.43. The molecule has 3 atom stereocenters. The minimum atomic E-state index is -1.06. The highest BCUT2D eigenvalue weighted by atomic mass is 19.1. The van der Waals surface area contributed by atoms with Crippen LogP contribution in [0.25, 0.3) is 33.0 Å². The Bertz CT molecular complexity index is 1320. The van der Waals surface area contributed by atoms with Gasteiger partial charge >= 0.3 is 0 Å². The summed E-state index contributed by atoms with van der Waals surface area (Å²) in [5, 5.41) is 14.4. The maximum absolute atomic E-state index is 13.2. The molecule has 7 nitrogen and oxygen atoms in total. The molecule has 1 aliphatic rings. The highest BCUT2D eigenvalue weighted by molar-refractivity contribution is 6.10. The number of carbonyl (C=O) groups excluding carboxylic acids is 1. The van der Waals surface area contributed by atoms with Crippen molar-refractivity contribution in [3.8, 4) is 11.1 Å². The van der Waals surface area contributed by atoms with Gasteiger partial charge in [0.25, 0.3) is 0 Å². The molecule has 4 aromatic rings. The summed E-state index contributed by atoms with van der Waals surface area (Å²) in [5.41, 5.74) is 4.51. The molecule has 5 rings (SSSR count). The van der Waals surface area contributed by atoms with Crippen molar-refractivity contribution >= 4 is 33.6 Å². The summed E-state index contributed by atoms with van der Waals surface area (Å²) in [6.07, 6.45) is 3.95. The van der Waals surface area contributed by atoms with Crippen LogP contribution in [0.4, 0.5) is 10.2 Å². The standard InChI is InChI=1S/C23H21FN4O3/c1-3-19(29)18-4-11(2)16(9-25-18)14-5-12-8-26-20(28-23(30)15-6-17(15)24)7-13(12)21-22(14)31-10-27-21/h4-5,7-10,15,17,19,29H,3,6H2,1-2H3,(H,26,28,30)/t15-,17+,19+/m0/s1. The average molecular weight is 420 g/mol. The third kappa shape index (κ3) is 3.42. The van der Waals surface area contributed by atoms with Crippen LogP contribution in [0.2, 0.25) is 0 Å². The minimum absolute atomic E-state index is 0.262. The van der Waals surface area contributed by atoms with Gasteiger partial charge in [-0.1, -0.05) is 6.92 Å². The molecule has 2 N–H and O–H groups in total. The molecular weight excluding hydrogens is 399 g/mol. The number of oxazole rings is 1. The zero-order valence-electron chi connectivity index (χ0n) is 17.1. The zero-order valence-corrected chi connectivity index (χ0v) is 17.1. The van der Waals surface area contributed by atoms with Crippen molar-refractivity contribution in [2.45, 2.75) is 39.0 Å². The molecule has 1 saturated carbocycles. The normalized spacial score (nSPS) is 19.0. The smallest absolute Gasteiger partial charge is 0.231 e. The second-order valence-electron chi connectivity index (χ2n) is 7.94. The van der Waals surface area contributed by atoms with Crippen molar-refractivity contribution in [3.63, 3.8) is 0 Å². The average Bonchev–Trinajstić information content (AvgIpc) is 3.30. The number of hydrogen-bond acceptors (Lipinski definition) is 6. The largest absolute Gasteiger partial charge is 0.443 e. The lowest BCUT2D eigenvalue weighted by molar-refractivity contribution is -0.117. The Morgan fingerprint density at radius 3 is 2.77 bits per heavy atom. The molecule has 0 aliphatic heterocycles. The lowest BCUT2D eigenvalue weighted by Gasteiger charge is -2.12. The number of aliphatic hydroxyl groups is 1. The molecule has 0 spiro atoms. The molecule has 1 amide bonds. The number of fused-ring (bicyclic) bond motifs is 3. The number of hydrogen-bond donors (Lipinski definition) is 2. The molecule has 3 heterocycles. The lowest BCUT2D eigenvalue weighted by atomic mass is 9.97. The van der Waals surface area contributed by atoms with E-state index in [0.717, 1.165) is 27.5 Å². The van der Waals surface area contributed by atoms with Crippen molar-refractivity contribution < 1.29 is 18.7 Å². The van der Waals surface area contributed by atoms with Gasteiger partial charge in [0, 0.05) is 34.3 Å². The number of aryl methyl sites for hydroxylation is 1. The van der Waals surface area contributed by atoms with Crippen molar-refractivity contribution in [3.05, 3.63) is 48.2 Å². The van der Waals surface area contributed by atoms with E-state index < -0.39 is 18.2 Å². The van der Waals surface area contributed by atoms with Crippen molar-refractivity contribution in [2.75, 3.05) is 5.32 Å². The van der Waals surface area contributed by atoms with E-state index in [4.69, 9.17) is 4.42 Å². The molecule has 0 unspecified atom stereocenters. The first-order chi connectivity index (χ1) is 15.0. The summed E-state index contributed by atoms with van der Waals surface area (Å²) >= 11 is 0. The molecule has 8 heteroatoms. The van der Waals surface area contributed by atoms with E-state index in [1.165, 1.54) is 6.39 Å². The number of alkyl halides is 1. The predicted molar refractivity (Wildman–Crippen MR) is 114 cm³/mol. The topological polar surface area (TPSA) is 101 Å². The minimum Gasteiger partial charge on any atom is -0.443 e. The SMILES string of the molecule is CC[C@@H](O)c1cc(C)c(-c2cc3cnc(NC(=O)[C@H]4C[C@H]4F)cc3c3ncoc23)cn1. The van der Waals surface area contributed by atoms with Crippen LogP contribution in [-0.4, -0.2) is 32.1 Å². The van der Waals surface area contributed by atoms with E-state index in [1.807, 2.05) is 26.0 Å². The summed E-state index contributed by atoms with van der Waals surface area (Å²) in [6.45, 7) is 3.86. The van der Waals surface area contributed by atoms with Gasteiger partial charge < -0.3 is 14.8 Å². The summed E-state index contributed by atoms with van der Waals surface area (Å²) in [6, 6.07) is 5.55. The zero-order chi connectivity index (χ0) is 21.7. The third-order valence-corrected chi connectivity index (χ3v) is 5.75. The van der Waals surface area contributed by atoms with Crippen LogP contribution < -0.4 is 5.32 Å². The molecule has 1 aromatic carbocycles. The van der Waals surface area contributed by atoms with Crippen LogP contribution in [0.5, 0.6) is 0 Å². The number of nitrogens with one attached hydrogen (secondary N) is 1. The van der Waals surface area contributed by atoms with Crippen molar-refractivity contribution in [1.29, 1.82) is 0 Å². The second-order valence-corrected chi connectivity index (χ2v) is 7.94. The first-order valence-electron chi connectivity index (χ1n) is 10.2. The molecule has 0 saturated heterocycles. The summed E-state index contributed by atoms with van der Waals surface area (Å²) in [4.78, 5) is 25.2. The van der Waals surface area contributed by atoms with E-state index in [-0.39, 0.29) is 12.3 Å². The molecule has 1 aliphatic carbocycles. The predicted octanol–water partition coefficient (Wildman–Crippen LogP) is 4.49. The molecule has 158 valence electrons. The van der Waals surface area contributed by atoms with E-state index >= 15 is 0 Å². The molecule has 0 radical (unpaired) electrons. The first kappa shape index (κ1) is 19.6. The number of anilines is 1. The van der Waals surface area contributed by atoms with Crippen molar-refractivity contribution in [1.82, 2.24) is 15.0 Å². The third-order valence-electron chi connectivity index (χ3n) is 5.75. The van der Waals surface area contributed by atoms with Crippen LogP contribution in [0.15, 0.2) is 41.4 Å². The molecule has 0 bridgehead atoms. The number of aromatic nitrogens is 3. The van der Waals surface area contributed by atoms with E-state index in [0.29, 0.717) is 29.0 Å². The van der Waals surface area contributed by atoms with Gasteiger partial charge in [-0.15, -0.1) is 0 Å². The van der Waals surface area contributed by atoms with Crippen LogP contribution in [0.1, 0.15) is 37.1 Å². The molecule has 31 heavy (non-hydrogen) atoms. The molecule has 3 aromatic heterocycles. The van der Waals surface area contributed by atoms with Crippen LogP contribution in [-0.2, 0) is 4.79 Å². The number of carbonyl (C=O) groups is 1.